The second-order valence-electron chi connectivity index (χ2n) is 4.69. The minimum Gasteiger partial charge on any atom is -0.294 e. The first-order chi connectivity index (χ1) is 8.08. The number of halogens is 1. The van der Waals surface area contributed by atoms with Gasteiger partial charge in [-0.1, -0.05) is 49.7 Å². The quantitative estimate of drug-likeness (QED) is 0.716. The Hall–Kier alpha value is -1.34. The molecular weight excluding hydrogens is 232 g/mol. The van der Waals surface area contributed by atoms with E-state index in [0.29, 0.717) is 17.4 Å². The van der Waals surface area contributed by atoms with Gasteiger partial charge in [0, 0.05) is 17.0 Å². The second kappa shape index (κ2) is 4.89. The highest BCUT2D eigenvalue weighted by Gasteiger charge is 2.11. The molecule has 0 saturated heterocycles. The number of carbonyl (C=O) groups is 1. The molecule has 2 heteroatoms. The zero-order valence-electron chi connectivity index (χ0n) is 10.0. The van der Waals surface area contributed by atoms with Gasteiger partial charge in [0.2, 0.25) is 0 Å². The van der Waals surface area contributed by atoms with E-state index < -0.39 is 0 Å². The fourth-order valence-corrected chi connectivity index (χ4v) is 2.14. The zero-order chi connectivity index (χ0) is 12.4. The molecule has 0 unspecified atom stereocenters. The molecule has 0 heterocycles. The average Bonchev–Trinajstić information content (AvgIpc) is 2.27. The number of Topliss-reactive ketones (excluding diaryl/α,β-unsaturated/α-hetero) is 1. The first-order valence-electron chi connectivity index (χ1n) is 5.79. The van der Waals surface area contributed by atoms with Gasteiger partial charge in [0.1, 0.15) is 0 Å². The first-order valence-corrected chi connectivity index (χ1v) is 6.17. The Morgan fingerprint density at radius 3 is 2.71 bits per heavy atom. The standard InChI is InChI=1S/C15H15ClO/c1-10(2)8-15(17)13-5-3-4-11-6-7-12(16)9-14(11)13/h3-7,9-10H,8H2,1-2H3. The number of ketones is 1. The van der Waals surface area contributed by atoms with E-state index in [1.807, 2.05) is 36.4 Å². The van der Waals surface area contributed by atoms with Gasteiger partial charge in [-0.15, -0.1) is 0 Å². The summed E-state index contributed by atoms with van der Waals surface area (Å²) >= 11 is 5.99. The van der Waals surface area contributed by atoms with Crippen LogP contribution < -0.4 is 0 Å². The van der Waals surface area contributed by atoms with Gasteiger partial charge in [0.15, 0.2) is 5.78 Å². The Bertz CT molecular complexity index is 558. The number of carbonyl (C=O) groups excluding carboxylic acids is 1. The third-order valence-corrected chi connectivity index (χ3v) is 2.97. The lowest BCUT2D eigenvalue weighted by atomic mass is 9.96. The SMILES string of the molecule is CC(C)CC(=O)c1cccc2ccc(Cl)cc12. The number of fused-ring (bicyclic) bond motifs is 1. The molecule has 0 saturated carbocycles. The molecule has 2 aromatic carbocycles. The van der Waals surface area contributed by atoms with Crippen molar-refractivity contribution >= 4 is 28.2 Å². The molecule has 0 spiro atoms. The third kappa shape index (κ3) is 2.67. The largest absolute Gasteiger partial charge is 0.294 e. The number of rotatable bonds is 3. The molecule has 0 N–H and O–H groups in total. The highest BCUT2D eigenvalue weighted by Crippen LogP contribution is 2.24. The molecule has 0 aliphatic rings. The zero-order valence-corrected chi connectivity index (χ0v) is 10.8. The maximum absolute atomic E-state index is 12.1. The fraction of sp³-hybridized carbons (Fsp3) is 0.267. The summed E-state index contributed by atoms with van der Waals surface area (Å²) in [5, 5.41) is 2.68. The van der Waals surface area contributed by atoms with Crippen LogP contribution in [0.2, 0.25) is 5.02 Å². The van der Waals surface area contributed by atoms with Gasteiger partial charge in [0.05, 0.1) is 0 Å². The predicted molar refractivity (Wildman–Crippen MR) is 72.7 cm³/mol. The van der Waals surface area contributed by atoms with Gasteiger partial charge in [0.25, 0.3) is 0 Å². The molecule has 2 aromatic rings. The normalized spacial score (nSPS) is 11.1. The summed E-state index contributed by atoms with van der Waals surface area (Å²) in [6.45, 7) is 4.10. The van der Waals surface area contributed by atoms with E-state index in [0.717, 1.165) is 16.3 Å². The minimum atomic E-state index is 0.188. The molecule has 0 amide bonds. The summed E-state index contributed by atoms with van der Waals surface area (Å²) in [6, 6.07) is 11.5. The van der Waals surface area contributed by atoms with Crippen molar-refractivity contribution in [1.29, 1.82) is 0 Å². The van der Waals surface area contributed by atoms with E-state index in [1.165, 1.54) is 0 Å². The maximum Gasteiger partial charge on any atom is 0.163 e. The van der Waals surface area contributed by atoms with Crippen LogP contribution in [0, 0.1) is 5.92 Å². The Kier molecular flexibility index (Phi) is 3.49. The van der Waals surface area contributed by atoms with Crippen molar-refractivity contribution in [3.8, 4) is 0 Å². The smallest absolute Gasteiger partial charge is 0.163 e. The molecule has 0 aromatic heterocycles. The molecule has 88 valence electrons. The Labute approximate surface area is 106 Å². The lowest BCUT2D eigenvalue weighted by molar-refractivity contribution is 0.0969. The average molecular weight is 247 g/mol. The third-order valence-electron chi connectivity index (χ3n) is 2.74. The summed E-state index contributed by atoms with van der Waals surface area (Å²) in [7, 11) is 0. The van der Waals surface area contributed by atoms with E-state index >= 15 is 0 Å². The van der Waals surface area contributed by atoms with Crippen LogP contribution in [-0.4, -0.2) is 5.78 Å². The van der Waals surface area contributed by atoms with E-state index in [4.69, 9.17) is 11.6 Å². The summed E-state index contributed by atoms with van der Waals surface area (Å²) in [6.07, 6.45) is 0.575. The molecule has 2 rings (SSSR count). The van der Waals surface area contributed by atoms with Crippen LogP contribution in [0.25, 0.3) is 10.8 Å². The molecule has 17 heavy (non-hydrogen) atoms. The highest BCUT2D eigenvalue weighted by atomic mass is 35.5. The summed E-state index contributed by atoms with van der Waals surface area (Å²) in [5.41, 5.74) is 0.777. The number of benzene rings is 2. The Morgan fingerprint density at radius 2 is 2.00 bits per heavy atom. The van der Waals surface area contributed by atoms with E-state index in [9.17, 15) is 4.79 Å². The summed E-state index contributed by atoms with van der Waals surface area (Å²) in [4.78, 5) is 12.1. The van der Waals surface area contributed by atoms with Crippen molar-refractivity contribution in [2.24, 2.45) is 5.92 Å². The maximum atomic E-state index is 12.1. The van der Waals surface area contributed by atoms with Crippen LogP contribution in [-0.2, 0) is 0 Å². The molecule has 0 bridgehead atoms. The van der Waals surface area contributed by atoms with E-state index in [-0.39, 0.29) is 5.78 Å². The molecule has 0 fully saturated rings. The second-order valence-corrected chi connectivity index (χ2v) is 5.13. The molecular formula is C15H15ClO. The van der Waals surface area contributed by atoms with Crippen molar-refractivity contribution in [2.45, 2.75) is 20.3 Å². The van der Waals surface area contributed by atoms with Gasteiger partial charge in [-0.25, -0.2) is 0 Å². The number of hydrogen-bond donors (Lipinski definition) is 0. The highest BCUT2D eigenvalue weighted by molar-refractivity contribution is 6.31. The van der Waals surface area contributed by atoms with Crippen LogP contribution in [0.5, 0.6) is 0 Å². The van der Waals surface area contributed by atoms with Gasteiger partial charge in [-0.05, 0) is 28.8 Å². The first kappa shape index (κ1) is 12.1. The number of hydrogen-bond acceptors (Lipinski definition) is 1. The summed E-state index contributed by atoms with van der Waals surface area (Å²) in [5.74, 6) is 0.560. The van der Waals surface area contributed by atoms with Crippen LogP contribution in [0.15, 0.2) is 36.4 Å². The molecule has 0 aliphatic heterocycles. The van der Waals surface area contributed by atoms with Crippen molar-refractivity contribution in [3.63, 3.8) is 0 Å². The molecule has 0 aliphatic carbocycles. The lowest BCUT2D eigenvalue weighted by Crippen LogP contribution is -2.04. The van der Waals surface area contributed by atoms with E-state index in [2.05, 4.69) is 13.8 Å². The molecule has 0 radical (unpaired) electrons. The van der Waals surface area contributed by atoms with Gasteiger partial charge >= 0.3 is 0 Å². The van der Waals surface area contributed by atoms with Gasteiger partial charge < -0.3 is 0 Å². The lowest BCUT2D eigenvalue weighted by Gasteiger charge is -2.08. The van der Waals surface area contributed by atoms with Crippen molar-refractivity contribution in [1.82, 2.24) is 0 Å². The van der Waals surface area contributed by atoms with Crippen molar-refractivity contribution in [2.75, 3.05) is 0 Å². The Balaban J connectivity index is 2.53. The van der Waals surface area contributed by atoms with Crippen molar-refractivity contribution in [3.05, 3.63) is 47.0 Å². The summed E-state index contributed by atoms with van der Waals surface area (Å²) < 4.78 is 0. The van der Waals surface area contributed by atoms with Crippen LogP contribution >= 0.6 is 11.6 Å². The minimum absolute atomic E-state index is 0.188. The van der Waals surface area contributed by atoms with Crippen LogP contribution in [0.3, 0.4) is 0 Å². The van der Waals surface area contributed by atoms with Gasteiger partial charge in [-0.3, -0.25) is 4.79 Å². The van der Waals surface area contributed by atoms with E-state index in [1.54, 1.807) is 0 Å². The topological polar surface area (TPSA) is 17.1 Å². The van der Waals surface area contributed by atoms with Crippen LogP contribution in [0.4, 0.5) is 0 Å². The van der Waals surface area contributed by atoms with Crippen LogP contribution in [0.1, 0.15) is 30.6 Å². The molecule has 1 nitrogen and oxygen atoms in total. The van der Waals surface area contributed by atoms with Crippen molar-refractivity contribution < 1.29 is 4.79 Å². The monoisotopic (exact) mass is 246 g/mol. The predicted octanol–water partition coefficient (Wildman–Crippen LogP) is 4.72. The van der Waals surface area contributed by atoms with Gasteiger partial charge in [-0.2, -0.15) is 0 Å². The Morgan fingerprint density at radius 1 is 1.24 bits per heavy atom. The molecule has 0 atom stereocenters. The fourth-order valence-electron chi connectivity index (χ4n) is 1.97.